The molecule has 1 aromatic carbocycles. The Bertz CT molecular complexity index is 654. The molecule has 0 saturated heterocycles. The lowest BCUT2D eigenvalue weighted by molar-refractivity contribution is -0.116. The number of ether oxygens (including phenoxy) is 2. The van der Waals surface area contributed by atoms with E-state index < -0.39 is 5.97 Å². The molecule has 0 aliphatic carbocycles. The molecule has 1 heterocycles. The fraction of sp³-hybridized carbons (Fsp3) is 0.333. The summed E-state index contributed by atoms with van der Waals surface area (Å²) in [4.78, 5) is 23.2. The third-order valence-corrected chi connectivity index (χ3v) is 4.20. The van der Waals surface area contributed by atoms with Crippen LogP contribution in [0.25, 0.3) is 0 Å². The molecule has 0 spiro atoms. The van der Waals surface area contributed by atoms with E-state index in [-0.39, 0.29) is 5.91 Å². The molecule has 2 aromatic rings. The van der Waals surface area contributed by atoms with Crippen LogP contribution in [0.5, 0.6) is 0 Å². The van der Waals surface area contributed by atoms with E-state index in [0.29, 0.717) is 36.6 Å². The van der Waals surface area contributed by atoms with Crippen LogP contribution in [0.15, 0.2) is 41.8 Å². The van der Waals surface area contributed by atoms with E-state index in [9.17, 15) is 9.59 Å². The maximum Gasteiger partial charge on any atom is 0.338 e. The molecule has 0 bridgehead atoms. The van der Waals surface area contributed by atoms with Crippen molar-refractivity contribution in [1.82, 2.24) is 0 Å². The number of esters is 1. The Hall–Kier alpha value is -2.18. The summed E-state index contributed by atoms with van der Waals surface area (Å²) in [6, 6.07) is 11.8. The summed E-state index contributed by atoms with van der Waals surface area (Å²) in [5, 5.41) is 5.08. The van der Waals surface area contributed by atoms with Gasteiger partial charge in [0.2, 0.25) is 5.91 Å². The van der Waals surface area contributed by atoms with Crippen LogP contribution in [0, 0.1) is 0 Å². The average molecular weight is 347 g/mol. The predicted octanol–water partition coefficient (Wildman–Crippen LogP) is 3.51. The van der Waals surface area contributed by atoms with Crippen LogP contribution >= 0.6 is 11.3 Å². The number of carbonyl (C=O) groups is 2. The lowest BCUT2D eigenvalue weighted by Gasteiger charge is -2.05. The molecule has 0 unspecified atom stereocenters. The van der Waals surface area contributed by atoms with Crippen molar-refractivity contribution in [2.75, 3.05) is 25.6 Å². The third kappa shape index (κ3) is 6.14. The van der Waals surface area contributed by atoms with Gasteiger partial charge in [0.15, 0.2) is 0 Å². The van der Waals surface area contributed by atoms with Crippen molar-refractivity contribution in [1.29, 1.82) is 0 Å². The molecular formula is C18H21NO4S. The first-order valence-corrected chi connectivity index (χ1v) is 8.65. The third-order valence-electron chi connectivity index (χ3n) is 3.35. The molecule has 0 aliphatic rings. The van der Waals surface area contributed by atoms with E-state index in [1.165, 1.54) is 24.0 Å². The number of hydrogen-bond donors (Lipinski definition) is 1. The molecule has 0 atom stereocenters. The molecule has 128 valence electrons. The Kier molecular flexibility index (Phi) is 7.45. The molecule has 1 N–H and O–H groups in total. The van der Waals surface area contributed by atoms with E-state index in [1.54, 1.807) is 11.4 Å². The largest absolute Gasteiger partial charge is 0.465 e. The molecule has 1 aromatic heterocycles. The summed E-state index contributed by atoms with van der Waals surface area (Å²) < 4.78 is 10.2. The minimum Gasteiger partial charge on any atom is -0.465 e. The van der Waals surface area contributed by atoms with Crippen LogP contribution in [0.1, 0.15) is 28.8 Å². The second-order valence-corrected chi connectivity index (χ2v) is 6.10. The SMILES string of the molecule is COC(=O)c1csc(NC(=O)CCCOCCc2ccccc2)c1. The Morgan fingerprint density at radius 3 is 2.71 bits per heavy atom. The van der Waals surface area contributed by atoms with Crippen LogP contribution in [0.2, 0.25) is 0 Å². The van der Waals surface area contributed by atoms with Gasteiger partial charge in [-0.1, -0.05) is 30.3 Å². The molecule has 1 amide bonds. The second kappa shape index (κ2) is 9.85. The lowest BCUT2D eigenvalue weighted by Crippen LogP contribution is -2.11. The van der Waals surface area contributed by atoms with Crippen LogP contribution < -0.4 is 5.32 Å². The molecule has 24 heavy (non-hydrogen) atoms. The van der Waals surface area contributed by atoms with Gasteiger partial charge in [-0.05, 0) is 24.5 Å². The van der Waals surface area contributed by atoms with Gasteiger partial charge < -0.3 is 14.8 Å². The van der Waals surface area contributed by atoms with Gasteiger partial charge in [0.1, 0.15) is 0 Å². The number of hydrogen-bond acceptors (Lipinski definition) is 5. The van der Waals surface area contributed by atoms with Crippen LogP contribution in [0.4, 0.5) is 5.00 Å². The highest BCUT2D eigenvalue weighted by Gasteiger charge is 2.10. The van der Waals surface area contributed by atoms with Crippen molar-refractivity contribution in [2.45, 2.75) is 19.3 Å². The lowest BCUT2D eigenvalue weighted by atomic mass is 10.2. The van der Waals surface area contributed by atoms with Crippen LogP contribution in [-0.4, -0.2) is 32.2 Å². The van der Waals surface area contributed by atoms with Crippen LogP contribution in [-0.2, 0) is 20.7 Å². The zero-order valence-electron chi connectivity index (χ0n) is 13.6. The van der Waals surface area contributed by atoms with Crippen molar-refractivity contribution in [3.8, 4) is 0 Å². The van der Waals surface area contributed by atoms with Crippen LogP contribution in [0.3, 0.4) is 0 Å². The van der Waals surface area contributed by atoms with E-state index in [4.69, 9.17) is 4.74 Å². The topological polar surface area (TPSA) is 64.6 Å². The molecule has 0 aliphatic heterocycles. The average Bonchev–Trinajstić information content (AvgIpc) is 3.06. The molecule has 2 rings (SSSR count). The number of carbonyl (C=O) groups excluding carboxylic acids is 2. The van der Waals surface area contributed by atoms with Crippen molar-refractivity contribution in [2.24, 2.45) is 0 Å². The van der Waals surface area contributed by atoms with E-state index in [2.05, 4.69) is 22.2 Å². The van der Waals surface area contributed by atoms with Gasteiger partial charge in [-0.25, -0.2) is 4.79 Å². The van der Waals surface area contributed by atoms with Crippen molar-refractivity contribution >= 4 is 28.2 Å². The molecule has 0 radical (unpaired) electrons. The van der Waals surface area contributed by atoms with Crippen molar-refractivity contribution in [3.63, 3.8) is 0 Å². The van der Waals surface area contributed by atoms with Gasteiger partial charge in [-0.2, -0.15) is 0 Å². The van der Waals surface area contributed by atoms with Gasteiger partial charge in [0.25, 0.3) is 0 Å². The Morgan fingerprint density at radius 2 is 1.96 bits per heavy atom. The fourth-order valence-corrected chi connectivity index (χ4v) is 2.88. The van der Waals surface area contributed by atoms with E-state index in [1.807, 2.05) is 18.2 Å². The molecule has 0 fully saturated rings. The van der Waals surface area contributed by atoms with Gasteiger partial charge in [-0.3, -0.25) is 4.79 Å². The maximum atomic E-state index is 11.8. The van der Waals surface area contributed by atoms with Gasteiger partial charge in [0.05, 0.1) is 24.3 Å². The summed E-state index contributed by atoms with van der Waals surface area (Å²) in [7, 11) is 1.33. The monoisotopic (exact) mass is 347 g/mol. The minimum absolute atomic E-state index is 0.0834. The second-order valence-electron chi connectivity index (χ2n) is 5.19. The quantitative estimate of drug-likeness (QED) is 0.557. The summed E-state index contributed by atoms with van der Waals surface area (Å²) in [5.41, 5.74) is 1.69. The first kappa shape index (κ1) is 18.2. The van der Waals surface area contributed by atoms with Gasteiger partial charge in [-0.15, -0.1) is 11.3 Å². The highest BCUT2D eigenvalue weighted by Crippen LogP contribution is 2.21. The minimum atomic E-state index is -0.404. The molecule has 6 heteroatoms. The number of benzene rings is 1. The smallest absolute Gasteiger partial charge is 0.338 e. The maximum absolute atomic E-state index is 11.8. The van der Waals surface area contributed by atoms with E-state index >= 15 is 0 Å². The molecule has 0 saturated carbocycles. The predicted molar refractivity (Wildman–Crippen MR) is 94.5 cm³/mol. The normalized spacial score (nSPS) is 10.4. The summed E-state index contributed by atoms with van der Waals surface area (Å²) in [6.45, 7) is 1.21. The number of amides is 1. The standard InChI is InChI=1S/C18H21NO4S/c1-22-18(21)15-12-17(24-13-15)19-16(20)8-5-10-23-11-9-14-6-3-2-4-7-14/h2-4,6-7,12-13H,5,8-11H2,1H3,(H,19,20). The molecule has 5 nitrogen and oxygen atoms in total. The summed E-state index contributed by atoms with van der Waals surface area (Å²) in [6.07, 6.45) is 1.92. The fourth-order valence-electron chi connectivity index (χ4n) is 2.10. The summed E-state index contributed by atoms with van der Waals surface area (Å²) >= 11 is 1.30. The number of methoxy groups -OCH3 is 1. The number of anilines is 1. The number of thiophene rings is 1. The highest BCUT2D eigenvalue weighted by molar-refractivity contribution is 7.14. The Morgan fingerprint density at radius 1 is 1.17 bits per heavy atom. The first-order valence-electron chi connectivity index (χ1n) is 7.77. The zero-order valence-corrected chi connectivity index (χ0v) is 14.4. The van der Waals surface area contributed by atoms with Gasteiger partial charge >= 0.3 is 5.97 Å². The van der Waals surface area contributed by atoms with Gasteiger partial charge in [0, 0.05) is 18.4 Å². The van der Waals surface area contributed by atoms with Crippen molar-refractivity contribution < 1.29 is 19.1 Å². The Labute approximate surface area is 145 Å². The Balaban J connectivity index is 1.58. The number of nitrogens with one attached hydrogen (secondary N) is 1. The molecular weight excluding hydrogens is 326 g/mol. The van der Waals surface area contributed by atoms with Crippen molar-refractivity contribution in [3.05, 3.63) is 52.9 Å². The number of rotatable bonds is 9. The first-order chi connectivity index (χ1) is 11.7. The van der Waals surface area contributed by atoms with E-state index in [0.717, 1.165) is 6.42 Å². The summed E-state index contributed by atoms with van der Waals surface area (Å²) in [5.74, 6) is -0.488. The zero-order chi connectivity index (χ0) is 17.2. The highest BCUT2D eigenvalue weighted by atomic mass is 32.1.